The van der Waals surface area contributed by atoms with Crippen LogP contribution in [-0.4, -0.2) is 10.8 Å². The molecule has 0 saturated carbocycles. The lowest BCUT2D eigenvalue weighted by molar-refractivity contribution is 0.0975. The SMILES string of the molecule is CCCCCCCC(=O)c1csc(C)n1. The van der Waals surface area contributed by atoms with E-state index in [2.05, 4.69) is 11.9 Å². The molecule has 2 nitrogen and oxygen atoms in total. The first-order chi connectivity index (χ1) is 7.24. The Morgan fingerprint density at radius 1 is 1.33 bits per heavy atom. The van der Waals surface area contributed by atoms with Crippen molar-refractivity contribution in [3.05, 3.63) is 16.1 Å². The van der Waals surface area contributed by atoms with E-state index in [4.69, 9.17) is 0 Å². The Hall–Kier alpha value is -0.700. The van der Waals surface area contributed by atoms with Crippen molar-refractivity contribution in [3.63, 3.8) is 0 Å². The van der Waals surface area contributed by atoms with Gasteiger partial charge in [0.1, 0.15) is 5.69 Å². The van der Waals surface area contributed by atoms with Gasteiger partial charge in [0.15, 0.2) is 5.78 Å². The third kappa shape index (κ3) is 4.56. The van der Waals surface area contributed by atoms with Gasteiger partial charge in [-0.05, 0) is 13.3 Å². The fourth-order valence-corrected chi connectivity index (χ4v) is 2.13. The van der Waals surface area contributed by atoms with Crippen LogP contribution in [0.3, 0.4) is 0 Å². The Labute approximate surface area is 95.7 Å². The smallest absolute Gasteiger partial charge is 0.182 e. The number of ketones is 1. The van der Waals surface area contributed by atoms with Gasteiger partial charge >= 0.3 is 0 Å². The minimum Gasteiger partial charge on any atom is -0.292 e. The van der Waals surface area contributed by atoms with Gasteiger partial charge in [0.05, 0.1) is 5.01 Å². The number of Topliss-reactive ketones (excluding diaryl/α,β-unsaturated/α-hetero) is 1. The van der Waals surface area contributed by atoms with Crippen molar-refractivity contribution < 1.29 is 4.79 Å². The summed E-state index contributed by atoms with van der Waals surface area (Å²) in [7, 11) is 0. The lowest BCUT2D eigenvalue weighted by atomic mass is 10.1. The predicted octanol–water partition coefficient (Wildman–Crippen LogP) is 3.99. The topological polar surface area (TPSA) is 30.0 Å². The molecule has 0 fully saturated rings. The number of aryl methyl sites for hydroxylation is 1. The lowest BCUT2D eigenvalue weighted by Gasteiger charge is -1.98. The highest BCUT2D eigenvalue weighted by Gasteiger charge is 2.08. The lowest BCUT2D eigenvalue weighted by Crippen LogP contribution is -1.99. The average molecular weight is 225 g/mol. The zero-order valence-corrected chi connectivity index (χ0v) is 10.4. The molecule has 0 bridgehead atoms. The Bertz CT molecular complexity index is 306. The van der Waals surface area contributed by atoms with E-state index in [9.17, 15) is 4.79 Å². The monoisotopic (exact) mass is 225 g/mol. The molecule has 15 heavy (non-hydrogen) atoms. The van der Waals surface area contributed by atoms with E-state index in [1.54, 1.807) is 11.3 Å². The maximum absolute atomic E-state index is 11.6. The zero-order valence-electron chi connectivity index (χ0n) is 9.58. The molecule has 0 spiro atoms. The van der Waals surface area contributed by atoms with Gasteiger partial charge in [-0.1, -0.05) is 32.6 Å². The van der Waals surface area contributed by atoms with Crippen LogP contribution < -0.4 is 0 Å². The van der Waals surface area contributed by atoms with Gasteiger partial charge in [0.25, 0.3) is 0 Å². The van der Waals surface area contributed by atoms with Crippen molar-refractivity contribution in [2.45, 2.75) is 52.4 Å². The molecule has 0 aliphatic rings. The second-order valence-electron chi connectivity index (χ2n) is 3.84. The first kappa shape index (κ1) is 12.4. The van der Waals surface area contributed by atoms with E-state index in [0.717, 1.165) is 11.4 Å². The van der Waals surface area contributed by atoms with E-state index >= 15 is 0 Å². The molecule has 0 atom stereocenters. The number of rotatable bonds is 7. The minimum atomic E-state index is 0.204. The fourth-order valence-electron chi connectivity index (χ4n) is 1.51. The molecule has 84 valence electrons. The molecule has 0 aromatic carbocycles. The van der Waals surface area contributed by atoms with Gasteiger partial charge in [0.2, 0.25) is 0 Å². The predicted molar refractivity (Wildman–Crippen MR) is 64.6 cm³/mol. The molecule has 1 rings (SSSR count). The summed E-state index contributed by atoms with van der Waals surface area (Å²) >= 11 is 1.55. The number of carbonyl (C=O) groups excluding carboxylic acids is 1. The molecule has 0 aliphatic carbocycles. The number of thiazole rings is 1. The van der Waals surface area contributed by atoms with Gasteiger partial charge in [0, 0.05) is 11.8 Å². The van der Waals surface area contributed by atoms with Crippen LogP contribution in [0.1, 0.15) is 60.9 Å². The van der Waals surface area contributed by atoms with Crippen LogP contribution in [0.2, 0.25) is 0 Å². The molecular formula is C12H19NOS. The van der Waals surface area contributed by atoms with Gasteiger partial charge < -0.3 is 0 Å². The van der Waals surface area contributed by atoms with Crippen LogP contribution >= 0.6 is 11.3 Å². The standard InChI is InChI=1S/C12H19NOS/c1-3-4-5-6-7-8-12(14)11-9-15-10(2)13-11/h9H,3-8H2,1-2H3. The summed E-state index contributed by atoms with van der Waals surface area (Å²) in [6.45, 7) is 4.13. The van der Waals surface area contributed by atoms with E-state index in [1.165, 1.54) is 25.7 Å². The van der Waals surface area contributed by atoms with E-state index in [-0.39, 0.29) is 5.78 Å². The number of hydrogen-bond acceptors (Lipinski definition) is 3. The third-order valence-corrected chi connectivity index (χ3v) is 3.19. The second kappa shape index (κ2) is 6.72. The van der Waals surface area contributed by atoms with E-state index in [1.807, 2.05) is 12.3 Å². The first-order valence-electron chi connectivity index (χ1n) is 5.69. The number of carbonyl (C=O) groups is 1. The first-order valence-corrected chi connectivity index (χ1v) is 6.57. The molecule has 3 heteroatoms. The molecule has 0 radical (unpaired) electrons. The van der Waals surface area contributed by atoms with Crippen LogP contribution in [0.15, 0.2) is 5.38 Å². The van der Waals surface area contributed by atoms with Crippen molar-refractivity contribution >= 4 is 17.1 Å². The van der Waals surface area contributed by atoms with Crippen LogP contribution in [0.25, 0.3) is 0 Å². The molecule has 0 amide bonds. The Morgan fingerprint density at radius 2 is 2.07 bits per heavy atom. The van der Waals surface area contributed by atoms with Crippen molar-refractivity contribution in [2.24, 2.45) is 0 Å². The summed E-state index contributed by atoms with van der Waals surface area (Å²) in [5, 5.41) is 2.84. The molecule has 0 aliphatic heterocycles. The Morgan fingerprint density at radius 3 is 2.67 bits per heavy atom. The number of nitrogens with zero attached hydrogens (tertiary/aromatic N) is 1. The normalized spacial score (nSPS) is 10.5. The molecule has 1 heterocycles. The number of hydrogen-bond donors (Lipinski definition) is 0. The minimum absolute atomic E-state index is 0.204. The molecule has 1 aromatic rings. The average Bonchev–Trinajstić information content (AvgIpc) is 2.64. The summed E-state index contributed by atoms with van der Waals surface area (Å²) in [5.74, 6) is 0.204. The maximum Gasteiger partial charge on any atom is 0.182 e. The van der Waals surface area contributed by atoms with Gasteiger partial charge in [-0.2, -0.15) is 0 Å². The Kier molecular flexibility index (Phi) is 5.54. The summed E-state index contributed by atoms with van der Waals surface area (Å²) in [6, 6.07) is 0. The second-order valence-corrected chi connectivity index (χ2v) is 4.90. The van der Waals surface area contributed by atoms with Crippen molar-refractivity contribution in [2.75, 3.05) is 0 Å². The molecule has 0 unspecified atom stereocenters. The summed E-state index contributed by atoms with van der Waals surface area (Å²) < 4.78 is 0. The highest BCUT2D eigenvalue weighted by molar-refractivity contribution is 7.09. The van der Waals surface area contributed by atoms with Gasteiger partial charge in [-0.25, -0.2) is 4.98 Å². The molecule has 0 N–H and O–H groups in total. The van der Waals surface area contributed by atoms with Crippen LogP contribution in [-0.2, 0) is 0 Å². The number of unbranched alkanes of at least 4 members (excludes halogenated alkanes) is 4. The Balaban J connectivity index is 2.19. The van der Waals surface area contributed by atoms with Crippen molar-refractivity contribution in [1.29, 1.82) is 0 Å². The summed E-state index contributed by atoms with van der Waals surface area (Å²) in [4.78, 5) is 15.8. The van der Waals surface area contributed by atoms with E-state index in [0.29, 0.717) is 12.1 Å². The van der Waals surface area contributed by atoms with Crippen LogP contribution in [0.5, 0.6) is 0 Å². The van der Waals surface area contributed by atoms with Crippen LogP contribution in [0, 0.1) is 6.92 Å². The van der Waals surface area contributed by atoms with E-state index < -0.39 is 0 Å². The largest absolute Gasteiger partial charge is 0.292 e. The highest BCUT2D eigenvalue weighted by Crippen LogP contribution is 2.12. The van der Waals surface area contributed by atoms with Gasteiger partial charge in [-0.15, -0.1) is 11.3 Å². The molecule has 1 aromatic heterocycles. The summed E-state index contributed by atoms with van der Waals surface area (Å²) in [6.07, 6.45) is 6.62. The molecule has 0 saturated heterocycles. The maximum atomic E-state index is 11.6. The summed E-state index contributed by atoms with van der Waals surface area (Å²) in [5.41, 5.74) is 0.660. The zero-order chi connectivity index (χ0) is 11.1. The third-order valence-electron chi connectivity index (χ3n) is 2.41. The van der Waals surface area contributed by atoms with Crippen molar-refractivity contribution in [3.8, 4) is 0 Å². The van der Waals surface area contributed by atoms with Crippen molar-refractivity contribution in [1.82, 2.24) is 4.98 Å². The fraction of sp³-hybridized carbons (Fsp3) is 0.667. The van der Waals surface area contributed by atoms with Gasteiger partial charge in [-0.3, -0.25) is 4.79 Å². The van der Waals surface area contributed by atoms with Crippen LogP contribution in [0.4, 0.5) is 0 Å². The quantitative estimate of drug-likeness (QED) is 0.518. The number of aromatic nitrogens is 1. The highest BCUT2D eigenvalue weighted by atomic mass is 32.1. The molecular weight excluding hydrogens is 206 g/mol.